The number of halogens is 1. The number of nitrogens with zero attached hydrogens (tertiary/aromatic N) is 1. The maximum absolute atomic E-state index is 11.4. The molecular weight excluding hydrogens is 192 g/mol. The van der Waals surface area contributed by atoms with E-state index in [9.17, 15) is 9.59 Å². The van der Waals surface area contributed by atoms with Crippen LogP contribution in [0, 0.1) is 0 Å². The molecule has 1 heterocycles. The van der Waals surface area contributed by atoms with Gasteiger partial charge in [0.25, 0.3) is 5.56 Å². The van der Waals surface area contributed by atoms with Gasteiger partial charge in [0.15, 0.2) is 0 Å². The largest absolute Gasteiger partial charge is 0.343 e. The molecule has 2 rings (SSSR count). The highest BCUT2D eigenvalue weighted by atomic mass is 35.5. The Morgan fingerprint density at radius 1 is 1.23 bits per heavy atom. The van der Waals surface area contributed by atoms with Crippen LogP contribution in [0.1, 0.15) is 0 Å². The van der Waals surface area contributed by atoms with Gasteiger partial charge in [-0.2, -0.15) is 4.09 Å². The van der Waals surface area contributed by atoms with Crippen molar-refractivity contribution in [3.63, 3.8) is 0 Å². The maximum Gasteiger partial charge on any atom is 0.343 e. The lowest BCUT2D eigenvalue weighted by Gasteiger charge is -1.96. The second-order valence-electron chi connectivity index (χ2n) is 2.56. The van der Waals surface area contributed by atoms with Gasteiger partial charge in [-0.1, -0.05) is 12.1 Å². The Hall–Kier alpha value is -1.55. The Morgan fingerprint density at radius 3 is 2.69 bits per heavy atom. The van der Waals surface area contributed by atoms with Crippen LogP contribution in [0.15, 0.2) is 33.9 Å². The van der Waals surface area contributed by atoms with E-state index in [1.165, 1.54) is 0 Å². The average Bonchev–Trinajstić information content (AvgIpc) is 2.15. The monoisotopic (exact) mass is 196 g/mol. The molecule has 0 aliphatic heterocycles. The van der Waals surface area contributed by atoms with E-state index in [4.69, 9.17) is 11.8 Å². The number of aromatic nitrogens is 2. The molecule has 1 N–H and O–H groups in total. The van der Waals surface area contributed by atoms with Gasteiger partial charge in [-0.05, 0) is 12.1 Å². The van der Waals surface area contributed by atoms with Gasteiger partial charge >= 0.3 is 5.69 Å². The van der Waals surface area contributed by atoms with E-state index < -0.39 is 11.2 Å². The number of para-hydroxylation sites is 1. The Balaban J connectivity index is 3.12. The van der Waals surface area contributed by atoms with E-state index in [0.717, 1.165) is 0 Å². The highest BCUT2D eigenvalue weighted by Gasteiger charge is 2.03. The Morgan fingerprint density at radius 2 is 1.92 bits per heavy atom. The number of benzene rings is 1. The van der Waals surface area contributed by atoms with Gasteiger partial charge in [0.2, 0.25) is 0 Å². The van der Waals surface area contributed by atoms with Gasteiger partial charge in [0.05, 0.1) is 10.9 Å². The molecule has 1 aromatic carbocycles. The topological polar surface area (TPSA) is 54.9 Å². The lowest BCUT2D eigenvalue weighted by atomic mass is 10.2. The summed E-state index contributed by atoms with van der Waals surface area (Å²) >= 11 is 5.42. The molecule has 5 heteroatoms. The van der Waals surface area contributed by atoms with Gasteiger partial charge in [-0.15, -0.1) is 0 Å². The summed E-state index contributed by atoms with van der Waals surface area (Å²) in [5.74, 6) is 0. The van der Waals surface area contributed by atoms with E-state index in [1.54, 1.807) is 24.3 Å². The van der Waals surface area contributed by atoms with Gasteiger partial charge in [0, 0.05) is 11.8 Å². The van der Waals surface area contributed by atoms with E-state index in [2.05, 4.69) is 4.98 Å². The van der Waals surface area contributed by atoms with Crippen molar-refractivity contribution in [2.75, 3.05) is 0 Å². The molecule has 0 spiro atoms. The summed E-state index contributed by atoms with van der Waals surface area (Å²) in [7, 11) is 0. The number of fused-ring (bicyclic) bond motifs is 1. The first-order valence-corrected chi connectivity index (χ1v) is 3.94. The van der Waals surface area contributed by atoms with Crippen molar-refractivity contribution < 1.29 is 0 Å². The summed E-state index contributed by atoms with van der Waals surface area (Å²) < 4.78 is 0.530. The molecule has 0 fully saturated rings. The minimum atomic E-state index is -0.620. The standard InChI is InChI=1S/C8H5ClN2O2/c9-11-7(12)5-3-1-2-4-6(5)10-8(11)13/h1-4H,(H,10,13). The minimum absolute atomic E-state index is 0.400. The first kappa shape index (κ1) is 8.07. The molecule has 0 unspecified atom stereocenters. The molecule has 0 aliphatic carbocycles. The molecule has 0 aliphatic rings. The van der Waals surface area contributed by atoms with Crippen molar-refractivity contribution in [2.45, 2.75) is 0 Å². The summed E-state index contributed by atoms with van der Waals surface area (Å²) in [5, 5.41) is 0.400. The molecule has 0 saturated heterocycles. The fourth-order valence-electron chi connectivity index (χ4n) is 1.14. The second kappa shape index (κ2) is 2.74. The SMILES string of the molecule is O=c1[nH]c2ccccc2c(=O)n1Cl. The number of hydrogen-bond acceptors (Lipinski definition) is 2. The molecular formula is C8H5ClN2O2. The molecule has 2 aromatic rings. The summed E-state index contributed by atoms with van der Waals surface area (Å²) in [4.78, 5) is 24.9. The Kier molecular flexibility index (Phi) is 1.70. The van der Waals surface area contributed by atoms with Crippen LogP contribution in [-0.4, -0.2) is 9.07 Å². The van der Waals surface area contributed by atoms with Crippen molar-refractivity contribution in [2.24, 2.45) is 0 Å². The summed E-state index contributed by atoms with van der Waals surface area (Å²) in [6.07, 6.45) is 0. The molecule has 0 saturated carbocycles. The molecule has 0 bridgehead atoms. The van der Waals surface area contributed by atoms with Crippen LogP contribution in [0.2, 0.25) is 0 Å². The highest BCUT2D eigenvalue weighted by molar-refractivity contribution is 6.15. The zero-order chi connectivity index (χ0) is 9.42. The fourth-order valence-corrected chi connectivity index (χ4v) is 1.27. The van der Waals surface area contributed by atoms with Gasteiger partial charge in [-0.3, -0.25) is 4.79 Å². The molecule has 0 atom stereocenters. The summed E-state index contributed by atoms with van der Waals surface area (Å²) in [5.41, 5.74) is -0.624. The van der Waals surface area contributed by atoms with E-state index in [-0.39, 0.29) is 0 Å². The van der Waals surface area contributed by atoms with Crippen molar-refractivity contribution in [1.29, 1.82) is 0 Å². The lowest BCUT2D eigenvalue weighted by Crippen LogP contribution is -2.28. The van der Waals surface area contributed by atoms with Gasteiger partial charge in [-0.25, -0.2) is 4.79 Å². The van der Waals surface area contributed by atoms with Crippen molar-refractivity contribution in [1.82, 2.24) is 9.07 Å². The molecule has 4 nitrogen and oxygen atoms in total. The number of nitrogens with one attached hydrogen (secondary N) is 1. The highest BCUT2D eigenvalue weighted by Crippen LogP contribution is 2.02. The van der Waals surface area contributed by atoms with E-state index >= 15 is 0 Å². The quantitative estimate of drug-likeness (QED) is 0.674. The van der Waals surface area contributed by atoms with Crippen LogP contribution in [0.4, 0.5) is 0 Å². The molecule has 0 amide bonds. The lowest BCUT2D eigenvalue weighted by molar-refractivity contribution is 1.00. The van der Waals surface area contributed by atoms with Crippen molar-refractivity contribution in [3.05, 3.63) is 45.1 Å². The smallest absolute Gasteiger partial charge is 0.306 e. The Bertz CT molecular complexity index is 570. The predicted molar refractivity (Wildman–Crippen MR) is 50.1 cm³/mol. The summed E-state index contributed by atoms with van der Waals surface area (Å²) in [6.45, 7) is 0. The predicted octanol–water partition coefficient (Wildman–Crippen LogP) is 0.692. The van der Waals surface area contributed by atoms with Gasteiger partial charge in [0.1, 0.15) is 0 Å². The molecule has 66 valence electrons. The second-order valence-corrected chi connectivity index (χ2v) is 2.90. The van der Waals surface area contributed by atoms with E-state index in [1.807, 2.05) is 0 Å². The summed E-state index contributed by atoms with van der Waals surface area (Å²) in [6, 6.07) is 6.69. The van der Waals surface area contributed by atoms with Crippen LogP contribution in [0.3, 0.4) is 0 Å². The van der Waals surface area contributed by atoms with Gasteiger partial charge < -0.3 is 4.98 Å². The first-order valence-electron chi connectivity index (χ1n) is 3.60. The number of rotatable bonds is 0. The maximum atomic E-state index is 11.4. The third kappa shape index (κ3) is 1.15. The average molecular weight is 197 g/mol. The number of aromatic amines is 1. The molecule has 0 radical (unpaired) electrons. The first-order chi connectivity index (χ1) is 6.20. The third-order valence-corrected chi connectivity index (χ3v) is 2.06. The van der Waals surface area contributed by atoms with Crippen LogP contribution in [-0.2, 0) is 0 Å². The van der Waals surface area contributed by atoms with Crippen LogP contribution in [0.25, 0.3) is 10.9 Å². The van der Waals surface area contributed by atoms with Crippen LogP contribution in [0.5, 0.6) is 0 Å². The van der Waals surface area contributed by atoms with E-state index in [0.29, 0.717) is 15.0 Å². The van der Waals surface area contributed by atoms with Crippen LogP contribution < -0.4 is 11.2 Å². The zero-order valence-corrected chi connectivity index (χ0v) is 7.21. The van der Waals surface area contributed by atoms with Crippen molar-refractivity contribution >= 4 is 22.7 Å². The van der Waals surface area contributed by atoms with Crippen molar-refractivity contribution in [3.8, 4) is 0 Å². The molecule has 1 aromatic heterocycles. The Labute approximate surface area is 77.5 Å². The normalized spacial score (nSPS) is 10.5. The third-order valence-electron chi connectivity index (χ3n) is 1.76. The molecule has 13 heavy (non-hydrogen) atoms. The zero-order valence-electron chi connectivity index (χ0n) is 6.45. The number of H-pyrrole nitrogens is 1. The number of hydrogen-bond donors (Lipinski definition) is 1. The minimum Gasteiger partial charge on any atom is -0.306 e. The fraction of sp³-hybridized carbons (Fsp3) is 0. The van der Waals surface area contributed by atoms with Crippen LogP contribution >= 0.6 is 11.8 Å².